The molecule has 0 aromatic rings. The van der Waals surface area contributed by atoms with Crippen molar-refractivity contribution in [2.45, 2.75) is 19.4 Å². The van der Waals surface area contributed by atoms with Crippen LogP contribution in [0, 0.1) is 11.8 Å². The van der Waals surface area contributed by atoms with Crippen molar-refractivity contribution in [1.29, 1.82) is 0 Å². The minimum atomic E-state index is -2.99. The predicted molar refractivity (Wildman–Crippen MR) is 50.9 cm³/mol. The number of rotatable bonds is 4. The Kier molecular flexibility index (Phi) is 2.33. The molecule has 2 N–H and O–H groups in total. The molecule has 0 bridgehead atoms. The molecule has 0 radical (unpaired) electrons. The molecule has 1 aliphatic heterocycles. The first kappa shape index (κ1) is 9.43. The fraction of sp³-hybridized carbons (Fsp3) is 1.00. The normalized spacial score (nSPS) is 37.5. The van der Waals surface area contributed by atoms with E-state index in [2.05, 4.69) is 10.0 Å². The lowest BCUT2D eigenvalue weighted by Gasteiger charge is -2.07. The Morgan fingerprint density at radius 1 is 1.38 bits per heavy atom. The third-order valence-electron chi connectivity index (χ3n) is 2.88. The Balaban J connectivity index is 1.86. The summed E-state index contributed by atoms with van der Waals surface area (Å²) in [5.41, 5.74) is 0. The van der Waals surface area contributed by atoms with Crippen LogP contribution in [0.2, 0.25) is 0 Å². The topological polar surface area (TPSA) is 58.2 Å². The molecule has 2 aliphatic rings. The molecule has 2 fully saturated rings. The van der Waals surface area contributed by atoms with Crippen molar-refractivity contribution < 1.29 is 8.42 Å². The molecule has 2 unspecified atom stereocenters. The van der Waals surface area contributed by atoms with Crippen LogP contribution in [0.4, 0.5) is 0 Å². The molecule has 13 heavy (non-hydrogen) atoms. The summed E-state index contributed by atoms with van der Waals surface area (Å²) in [5.74, 6) is 1.38. The van der Waals surface area contributed by atoms with Crippen LogP contribution in [0.1, 0.15) is 13.3 Å². The zero-order valence-electron chi connectivity index (χ0n) is 7.79. The number of sulfonamides is 1. The minimum absolute atomic E-state index is 0.234. The monoisotopic (exact) mass is 204 g/mol. The van der Waals surface area contributed by atoms with Gasteiger partial charge in [0, 0.05) is 6.04 Å². The molecule has 1 saturated heterocycles. The Hall–Kier alpha value is -0.130. The number of fused-ring (bicyclic) bond motifs is 1. The van der Waals surface area contributed by atoms with Crippen molar-refractivity contribution >= 4 is 10.0 Å². The van der Waals surface area contributed by atoms with Crippen LogP contribution < -0.4 is 10.0 Å². The van der Waals surface area contributed by atoms with Crippen molar-refractivity contribution in [2.75, 3.05) is 18.8 Å². The molecular weight excluding hydrogens is 188 g/mol. The van der Waals surface area contributed by atoms with Crippen molar-refractivity contribution in [3.05, 3.63) is 0 Å². The van der Waals surface area contributed by atoms with Gasteiger partial charge >= 0.3 is 0 Å². The first-order valence-corrected chi connectivity index (χ1v) is 6.50. The van der Waals surface area contributed by atoms with Gasteiger partial charge in [0.1, 0.15) is 0 Å². The van der Waals surface area contributed by atoms with Gasteiger partial charge < -0.3 is 5.32 Å². The number of hydrogen-bond acceptors (Lipinski definition) is 3. The van der Waals surface area contributed by atoms with Crippen LogP contribution in [-0.2, 0) is 10.0 Å². The van der Waals surface area contributed by atoms with Crippen molar-refractivity contribution in [3.63, 3.8) is 0 Å². The quantitative estimate of drug-likeness (QED) is 0.651. The highest BCUT2D eigenvalue weighted by atomic mass is 32.2. The van der Waals surface area contributed by atoms with E-state index in [-0.39, 0.29) is 11.8 Å². The van der Waals surface area contributed by atoms with Crippen LogP contribution in [0.15, 0.2) is 0 Å². The molecule has 0 amide bonds. The van der Waals surface area contributed by atoms with E-state index in [1.54, 1.807) is 0 Å². The van der Waals surface area contributed by atoms with Crippen LogP contribution in [0.3, 0.4) is 0 Å². The standard InChI is InChI=1S/C8H16N2O2S/c1-2-3-13(11,12)10-8-6-4-9-5-7(6)8/h6-10H,2-5H2,1H3. The van der Waals surface area contributed by atoms with Gasteiger partial charge in [-0.15, -0.1) is 0 Å². The molecule has 1 aliphatic carbocycles. The molecule has 1 saturated carbocycles. The summed E-state index contributed by atoms with van der Waals surface area (Å²) in [7, 11) is -2.99. The van der Waals surface area contributed by atoms with Gasteiger partial charge in [0.25, 0.3) is 0 Å². The first-order valence-electron chi connectivity index (χ1n) is 4.85. The molecule has 76 valence electrons. The Bertz CT molecular complexity index is 279. The second-order valence-electron chi connectivity index (χ2n) is 3.95. The predicted octanol–water partition coefficient (Wildman–Crippen LogP) is -0.466. The Labute approximate surface area is 79.1 Å². The number of hydrogen-bond donors (Lipinski definition) is 2. The summed E-state index contributed by atoms with van der Waals surface area (Å²) < 4.78 is 25.5. The van der Waals surface area contributed by atoms with E-state index in [0.717, 1.165) is 13.1 Å². The molecule has 1 heterocycles. The van der Waals surface area contributed by atoms with E-state index >= 15 is 0 Å². The number of piperidine rings is 1. The lowest BCUT2D eigenvalue weighted by atomic mass is 10.4. The Morgan fingerprint density at radius 2 is 2.00 bits per heavy atom. The van der Waals surface area contributed by atoms with Crippen molar-refractivity contribution in [1.82, 2.24) is 10.0 Å². The molecular formula is C8H16N2O2S. The van der Waals surface area contributed by atoms with Crippen LogP contribution in [0.5, 0.6) is 0 Å². The average Bonchev–Trinajstić information content (AvgIpc) is 2.51. The molecule has 4 nitrogen and oxygen atoms in total. The zero-order chi connectivity index (χ0) is 9.47. The van der Waals surface area contributed by atoms with Gasteiger partial charge in [-0.2, -0.15) is 0 Å². The SMILES string of the molecule is CCCS(=O)(=O)NC1C2CNCC21. The minimum Gasteiger partial charge on any atom is -0.316 e. The Morgan fingerprint density at radius 3 is 2.54 bits per heavy atom. The van der Waals surface area contributed by atoms with E-state index in [1.807, 2.05) is 6.92 Å². The second kappa shape index (κ2) is 3.22. The third-order valence-corrected chi connectivity index (χ3v) is 4.46. The molecule has 0 spiro atoms. The summed E-state index contributed by atoms with van der Waals surface area (Å²) in [4.78, 5) is 0. The van der Waals surface area contributed by atoms with Crippen LogP contribution in [0.25, 0.3) is 0 Å². The number of nitrogens with one attached hydrogen (secondary N) is 2. The summed E-state index contributed by atoms with van der Waals surface area (Å²) in [6, 6.07) is 0.234. The summed E-state index contributed by atoms with van der Waals surface area (Å²) in [6.45, 7) is 3.84. The molecule has 0 aromatic heterocycles. The maximum atomic E-state index is 11.4. The summed E-state index contributed by atoms with van der Waals surface area (Å²) >= 11 is 0. The highest BCUT2D eigenvalue weighted by molar-refractivity contribution is 7.89. The second-order valence-corrected chi connectivity index (χ2v) is 5.82. The lowest BCUT2D eigenvalue weighted by molar-refractivity contribution is 0.564. The fourth-order valence-electron chi connectivity index (χ4n) is 2.13. The highest BCUT2D eigenvalue weighted by Crippen LogP contribution is 2.41. The summed E-state index contributed by atoms with van der Waals surface area (Å²) in [5, 5.41) is 3.23. The highest BCUT2D eigenvalue weighted by Gasteiger charge is 2.54. The van der Waals surface area contributed by atoms with Gasteiger partial charge in [0.2, 0.25) is 10.0 Å². The smallest absolute Gasteiger partial charge is 0.211 e. The van der Waals surface area contributed by atoms with Gasteiger partial charge in [-0.1, -0.05) is 6.92 Å². The van der Waals surface area contributed by atoms with Gasteiger partial charge in [-0.05, 0) is 31.3 Å². The average molecular weight is 204 g/mol. The molecule has 2 rings (SSSR count). The maximum Gasteiger partial charge on any atom is 0.211 e. The van der Waals surface area contributed by atoms with Gasteiger partial charge in [0.15, 0.2) is 0 Å². The lowest BCUT2D eigenvalue weighted by Crippen LogP contribution is -2.33. The van der Waals surface area contributed by atoms with Crippen molar-refractivity contribution in [2.24, 2.45) is 11.8 Å². The molecule has 0 aromatic carbocycles. The molecule has 2 atom stereocenters. The first-order chi connectivity index (χ1) is 6.14. The van der Waals surface area contributed by atoms with Gasteiger partial charge in [-0.3, -0.25) is 0 Å². The third kappa shape index (κ3) is 1.87. The maximum absolute atomic E-state index is 11.4. The van der Waals surface area contributed by atoms with Gasteiger partial charge in [-0.25, -0.2) is 13.1 Å². The van der Waals surface area contributed by atoms with E-state index in [0.29, 0.717) is 18.3 Å². The van der Waals surface area contributed by atoms with E-state index in [1.165, 1.54) is 0 Å². The van der Waals surface area contributed by atoms with Crippen molar-refractivity contribution in [3.8, 4) is 0 Å². The zero-order valence-corrected chi connectivity index (χ0v) is 8.60. The van der Waals surface area contributed by atoms with E-state index < -0.39 is 10.0 Å². The summed E-state index contributed by atoms with van der Waals surface area (Å²) in [6.07, 6.45) is 0.690. The van der Waals surface area contributed by atoms with E-state index in [4.69, 9.17) is 0 Å². The molecule has 5 heteroatoms. The largest absolute Gasteiger partial charge is 0.316 e. The van der Waals surface area contributed by atoms with Gasteiger partial charge in [0.05, 0.1) is 5.75 Å². The van der Waals surface area contributed by atoms with Crippen LogP contribution >= 0.6 is 0 Å². The fourth-order valence-corrected chi connectivity index (χ4v) is 3.55. The van der Waals surface area contributed by atoms with E-state index in [9.17, 15) is 8.42 Å². The van der Waals surface area contributed by atoms with Crippen LogP contribution in [-0.4, -0.2) is 33.3 Å².